The first-order valence-corrected chi connectivity index (χ1v) is 18.8. The summed E-state index contributed by atoms with van der Waals surface area (Å²) in [6, 6.07) is 6.53. The summed E-state index contributed by atoms with van der Waals surface area (Å²) < 4.78 is 9.53. The van der Waals surface area contributed by atoms with Gasteiger partial charge in [0.2, 0.25) is 5.91 Å². The average molecular weight is 755 g/mol. The molecule has 55 heavy (non-hydrogen) atoms. The van der Waals surface area contributed by atoms with Crippen LogP contribution in [0.3, 0.4) is 0 Å². The average Bonchev–Trinajstić information content (AvgIpc) is 3.98. The van der Waals surface area contributed by atoms with Crippen LogP contribution >= 0.6 is 0 Å². The van der Waals surface area contributed by atoms with E-state index in [-0.39, 0.29) is 47.7 Å². The fourth-order valence-electron chi connectivity index (χ4n) is 6.90. The number of ether oxygens (including phenoxy) is 2. The van der Waals surface area contributed by atoms with Crippen LogP contribution in [0.1, 0.15) is 89.5 Å². The number of methoxy groups -OCH3 is 2. The molecule has 0 radical (unpaired) electrons. The Bertz CT molecular complexity index is 1830. The lowest BCUT2D eigenvalue weighted by Gasteiger charge is -2.31. The molecule has 2 fully saturated rings. The van der Waals surface area contributed by atoms with Gasteiger partial charge in [0.05, 0.1) is 38.5 Å². The summed E-state index contributed by atoms with van der Waals surface area (Å²) in [6.45, 7) is 10.8. The van der Waals surface area contributed by atoms with Crippen molar-refractivity contribution in [2.45, 2.75) is 90.5 Å². The van der Waals surface area contributed by atoms with Gasteiger partial charge in [0.15, 0.2) is 0 Å². The fraction of sp³-hybridized carbons (Fsp3) is 0.512. The number of nitrogens with two attached hydrogens (primary N) is 1. The number of aliphatic imine (C=N–C) groups is 1. The molecule has 1 aromatic carbocycles. The summed E-state index contributed by atoms with van der Waals surface area (Å²) in [6.07, 6.45) is 7.19. The number of hydrogen-bond donors (Lipinski definition) is 4. The first-order valence-electron chi connectivity index (χ1n) is 18.8. The maximum Gasteiger partial charge on any atom is 0.407 e. The second-order valence-electron chi connectivity index (χ2n) is 14.1. The molecule has 4 amide bonds. The SMILES string of the molecule is C/C=C\[C@@H](C#CC#Cc1cnc([C@@H]2CCCN2C(=O)[C@H](NC(=O)OC)c2ccccc2)[nH]1)[C@@H](C)C(C)N=C(N)[C@@H]1CCCN1C(=O)[C@@H](NC(=O)OC)C(C)C. The third kappa shape index (κ3) is 10.9. The van der Waals surface area contributed by atoms with Gasteiger partial charge in [-0.2, -0.15) is 0 Å². The predicted molar refractivity (Wildman–Crippen MR) is 209 cm³/mol. The number of imidazole rings is 1. The van der Waals surface area contributed by atoms with E-state index in [1.165, 1.54) is 14.2 Å². The second kappa shape index (κ2) is 20.1. The van der Waals surface area contributed by atoms with E-state index in [9.17, 15) is 19.2 Å². The van der Waals surface area contributed by atoms with Crippen molar-refractivity contribution in [3.05, 3.63) is 65.8 Å². The number of alkyl carbamates (subject to hydrolysis) is 2. The molecule has 2 aliphatic heterocycles. The molecule has 294 valence electrons. The zero-order valence-electron chi connectivity index (χ0n) is 32.8. The number of benzene rings is 1. The van der Waals surface area contributed by atoms with Gasteiger partial charge >= 0.3 is 12.2 Å². The highest BCUT2D eigenvalue weighted by molar-refractivity contribution is 5.93. The molecule has 3 heterocycles. The van der Waals surface area contributed by atoms with Gasteiger partial charge in [-0.1, -0.05) is 69.2 Å². The van der Waals surface area contributed by atoms with E-state index in [0.717, 1.165) is 12.8 Å². The van der Waals surface area contributed by atoms with E-state index in [4.69, 9.17) is 20.2 Å². The third-order valence-corrected chi connectivity index (χ3v) is 10.1. The van der Waals surface area contributed by atoms with Crippen LogP contribution in [0, 0.1) is 41.4 Å². The topological polar surface area (TPSA) is 184 Å². The van der Waals surface area contributed by atoms with Gasteiger partial charge in [0, 0.05) is 19.0 Å². The number of rotatable bonds is 12. The van der Waals surface area contributed by atoms with Crippen molar-refractivity contribution in [2.75, 3.05) is 27.3 Å². The normalized spacial score (nSPS) is 19.7. The highest BCUT2D eigenvalue weighted by atomic mass is 16.5. The number of aromatic amines is 1. The van der Waals surface area contributed by atoms with Gasteiger partial charge < -0.3 is 40.6 Å². The second-order valence-corrected chi connectivity index (χ2v) is 14.1. The van der Waals surface area contributed by atoms with Crippen molar-refractivity contribution in [1.82, 2.24) is 30.4 Å². The molecular weight excluding hydrogens is 701 g/mol. The first kappa shape index (κ1) is 42.0. The Balaban J connectivity index is 1.43. The van der Waals surface area contributed by atoms with Crippen molar-refractivity contribution in [2.24, 2.45) is 28.5 Å². The van der Waals surface area contributed by atoms with Crippen LogP contribution in [0.2, 0.25) is 0 Å². The maximum atomic E-state index is 13.8. The van der Waals surface area contributed by atoms with Crippen molar-refractivity contribution in [3.8, 4) is 23.7 Å². The van der Waals surface area contributed by atoms with Crippen molar-refractivity contribution < 1.29 is 28.7 Å². The monoisotopic (exact) mass is 754 g/mol. The van der Waals surface area contributed by atoms with Gasteiger partial charge in [0.1, 0.15) is 29.4 Å². The molecule has 2 saturated heterocycles. The summed E-state index contributed by atoms with van der Waals surface area (Å²) >= 11 is 0. The summed E-state index contributed by atoms with van der Waals surface area (Å²) in [5.74, 6) is 12.4. The number of aromatic nitrogens is 2. The van der Waals surface area contributed by atoms with E-state index in [1.807, 2.05) is 58.0 Å². The number of amides is 4. The van der Waals surface area contributed by atoms with Crippen molar-refractivity contribution in [3.63, 3.8) is 0 Å². The molecule has 14 nitrogen and oxygen atoms in total. The quantitative estimate of drug-likeness (QED) is 0.106. The zero-order valence-corrected chi connectivity index (χ0v) is 32.8. The lowest BCUT2D eigenvalue weighted by atomic mass is 9.88. The minimum Gasteiger partial charge on any atom is -0.453 e. The number of nitrogens with zero attached hydrogens (tertiary/aromatic N) is 4. The summed E-state index contributed by atoms with van der Waals surface area (Å²) in [5, 5.41) is 5.34. The number of carbonyl (C=O) groups excluding carboxylic acids is 4. The number of likely N-dealkylation sites (tertiary alicyclic amines) is 2. The van der Waals surface area contributed by atoms with Crippen LogP contribution in [0.5, 0.6) is 0 Å². The highest BCUT2D eigenvalue weighted by Gasteiger charge is 2.38. The molecule has 5 N–H and O–H groups in total. The third-order valence-electron chi connectivity index (χ3n) is 10.1. The van der Waals surface area contributed by atoms with E-state index < -0.39 is 24.3 Å². The van der Waals surface area contributed by atoms with Crippen molar-refractivity contribution in [1.29, 1.82) is 0 Å². The number of hydrogen-bond acceptors (Lipinski definition) is 8. The van der Waals surface area contributed by atoms with E-state index in [2.05, 4.69) is 51.2 Å². The Morgan fingerprint density at radius 3 is 2.31 bits per heavy atom. The molecule has 0 saturated carbocycles. The smallest absolute Gasteiger partial charge is 0.407 e. The molecular formula is C41H54N8O6. The number of carbonyl (C=O) groups is 4. The number of H-pyrrole nitrogens is 1. The van der Waals surface area contributed by atoms with Crippen LogP contribution < -0.4 is 16.4 Å². The van der Waals surface area contributed by atoms with E-state index in [1.54, 1.807) is 28.1 Å². The Kier molecular flexibility index (Phi) is 15.3. The lowest BCUT2D eigenvalue weighted by Crippen LogP contribution is -2.54. The Morgan fingerprint density at radius 2 is 1.64 bits per heavy atom. The van der Waals surface area contributed by atoms with Gasteiger partial charge in [-0.3, -0.25) is 14.6 Å². The summed E-state index contributed by atoms with van der Waals surface area (Å²) in [4.78, 5) is 67.5. The molecule has 0 bridgehead atoms. The van der Waals surface area contributed by atoms with Crippen molar-refractivity contribution >= 4 is 29.8 Å². The molecule has 2 aliphatic rings. The van der Waals surface area contributed by atoms with Gasteiger partial charge in [-0.05, 0) is 74.7 Å². The lowest BCUT2D eigenvalue weighted by molar-refractivity contribution is -0.135. The number of amidine groups is 1. The molecule has 2 aromatic rings. The molecule has 1 unspecified atom stereocenters. The Labute approximate surface area is 324 Å². The molecule has 4 rings (SSSR count). The largest absolute Gasteiger partial charge is 0.453 e. The Morgan fingerprint density at radius 1 is 0.964 bits per heavy atom. The Hall–Kier alpha value is -5.76. The first-order chi connectivity index (χ1) is 26.4. The van der Waals surface area contributed by atoms with E-state index in [0.29, 0.717) is 48.8 Å². The fourth-order valence-corrected chi connectivity index (χ4v) is 6.90. The summed E-state index contributed by atoms with van der Waals surface area (Å²) in [7, 11) is 2.53. The molecule has 7 atom stereocenters. The molecule has 1 aromatic heterocycles. The summed E-state index contributed by atoms with van der Waals surface area (Å²) in [5.41, 5.74) is 7.78. The number of allylic oxidation sites excluding steroid dienone is 2. The zero-order chi connectivity index (χ0) is 40.1. The van der Waals surface area contributed by atoms with Crippen LogP contribution in [0.15, 0.2) is 53.7 Å². The van der Waals surface area contributed by atoms with Crippen LogP contribution in [0.25, 0.3) is 0 Å². The van der Waals surface area contributed by atoms with Crippen LogP contribution in [-0.2, 0) is 19.1 Å². The number of nitrogens with one attached hydrogen (secondary N) is 3. The maximum absolute atomic E-state index is 13.8. The standard InChI is InChI=1S/C41H54N8O6/c1-8-16-29(27(4)28(5)44-36(42)32-21-14-23-48(32)38(50)34(26(2)3)46-40(52)54-6)17-12-13-20-31-25-43-37(45-31)33-22-15-24-49(33)39(51)35(47-41(53)55-7)30-18-10-9-11-19-30/h8-11,16,18-19,25-29,32-35H,14-15,21-24H2,1-7H3,(H2,42,44)(H,43,45)(H,46,52)(H,47,53)/b16-8-/t27-,28?,29-,32-,33-,34-,35+/m0/s1. The van der Waals surface area contributed by atoms with Gasteiger partial charge in [-0.15, -0.1) is 0 Å². The minimum atomic E-state index is -0.906. The van der Waals surface area contributed by atoms with Crippen LogP contribution in [-0.4, -0.2) is 95.0 Å². The minimum absolute atomic E-state index is 0.0305. The molecule has 14 heteroatoms. The van der Waals surface area contributed by atoms with E-state index >= 15 is 0 Å². The highest BCUT2D eigenvalue weighted by Crippen LogP contribution is 2.33. The van der Waals surface area contributed by atoms with Crippen LogP contribution in [0.4, 0.5) is 9.59 Å². The predicted octanol–water partition coefficient (Wildman–Crippen LogP) is 4.47. The molecule has 0 aliphatic carbocycles. The van der Waals surface area contributed by atoms with Gasteiger partial charge in [-0.25, -0.2) is 14.6 Å². The molecule has 0 spiro atoms. The van der Waals surface area contributed by atoms with Gasteiger partial charge in [0.25, 0.3) is 5.91 Å².